The van der Waals surface area contributed by atoms with Crippen LogP contribution in [0.25, 0.3) is 0 Å². The smallest absolute Gasteiger partial charge is 0.453 e. The van der Waals surface area contributed by atoms with Crippen molar-refractivity contribution in [2.45, 2.75) is 12.7 Å². The van der Waals surface area contributed by atoms with Crippen molar-refractivity contribution in [3.63, 3.8) is 0 Å². The molecule has 0 heterocycles. The van der Waals surface area contributed by atoms with E-state index in [4.69, 9.17) is 37.4 Å². The molecular formula is C17H14Cl2O6. The van der Waals surface area contributed by atoms with Crippen molar-refractivity contribution < 1.29 is 28.9 Å². The number of hydrogen-bond acceptors (Lipinski definition) is 5. The fraction of sp³-hybridized carbons (Fsp3) is 0.176. The molecule has 2 aromatic carbocycles. The zero-order valence-electron chi connectivity index (χ0n) is 13.1. The highest BCUT2D eigenvalue weighted by atomic mass is 35.5. The maximum absolute atomic E-state index is 12.3. The Labute approximate surface area is 153 Å². The van der Waals surface area contributed by atoms with Crippen molar-refractivity contribution in [2.24, 2.45) is 0 Å². The average Bonchev–Trinajstić information content (AvgIpc) is 2.58. The van der Waals surface area contributed by atoms with Crippen molar-refractivity contribution in [2.75, 3.05) is 6.61 Å². The van der Waals surface area contributed by atoms with Gasteiger partial charge >= 0.3 is 17.7 Å². The topological polar surface area (TPSA) is 82.1 Å². The summed E-state index contributed by atoms with van der Waals surface area (Å²) in [6, 6.07) is 11.6. The molecule has 2 aromatic rings. The van der Waals surface area contributed by atoms with Gasteiger partial charge in [0.25, 0.3) is 0 Å². The number of rotatable bonds is 7. The van der Waals surface area contributed by atoms with Crippen LogP contribution in [-0.2, 0) is 14.3 Å². The van der Waals surface area contributed by atoms with Crippen LogP contribution in [0.3, 0.4) is 0 Å². The normalized spacial score (nSPS) is 10.8. The third kappa shape index (κ3) is 4.55. The lowest BCUT2D eigenvalue weighted by atomic mass is 10.2. The standard InChI is InChI=1S/C17H14Cl2O6/c1-2-23-16(22)17(15(20)21,24-13-7-3-11(18)4-8-13)25-14-9-5-12(19)6-10-14/h3-10H,2H2,1H3,(H,20,21). The van der Waals surface area contributed by atoms with Crippen molar-refractivity contribution >= 4 is 35.1 Å². The summed E-state index contributed by atoms with van der Waals surface area (Å²) in [7, 11) is 0. The molecule has 0 radical (unpaired) electrons. The third-order valence-corrected chi connectivity index (χ3v) is 3.48. The molecule has 1 N–H and O–H groups in total. The van der Waals surface area contributed by atoms with E-state index in [1.165, 1.54) is 55.5 Å². The van der Waals surface area contributed by atoms with Crippen molar-refractivity contribution in [1.29, 1.82) is 0 Å². The first-order valence-corrected chi connectivity index (χ1v) is 7.92. The predicted octanol–water partition coefficient (Wildman–Crippen LogP) is 3.80. The van der Waals surface area contributed by atoms with Gasteiger partial charge in [0, 0.05) is 10.0 Å². The third-order valence-electron chi connectivity index (χ3n) is 2.98. The zero-order chi connectivity index (χ0) is 18.4. The summed E-state index contributed by atoms with van der Waals surface area (Å²) in [6.45, 7) is 1.48. The molecule has 0 aromatic heterocycles. The first-order valence-electron chi connectivity index (χ1n) is 7.17. The molecule has 0 aliphatic heterocycles. The molecule has 0 saturated heterocycles. The van der Waals surface area contributed by atoms with Gasteiger partial charge in [0.2, 0.25) is 0 Å². The number of ether oxygens (including phenoxy) is 3. The maximum Gasteiger partial charge on any atom is 0.453 e. The zero-order valence-corrected chi connectivity index (χ0v) is 14.6. The van der Waals surface area contributed by atoms with Gasteiger partial charge in [0.05, 0.1) is 6.61 Å². The number of halogens is 2. The van der Waals surface area contributed by atoms with E-state index in [2.05, 4.69) is 0 Å². The molecule has 25 heavy (non-hydrogen) atoms. The van der Waals surface area contributed by atoms with Crippen LogP contribution >= 0.6 is 23.2 Å². The molecule has 0 saturated carbocycles. The maximum atomic E-state index is 12.3. The predicted molar refractivity (Wildman–Crippen MR) is 91.2 cm³/mol. The van der Waals surface area contributed by atoms with Gasteiger partial charge in [-0.15, -0.1) is 0 Å². The minimum absolute atomic E-state index is 0.0538. The second-order valence-corrected chi connectivity index (χ2v) is 5.63. The highest BCUT2D eigenvalue weighted by Gasteiger charge is 2.55. The lowest BCUT2D eigenvalue weighted by Gasteiger charge is -2.28. The van der Waals surface area contributed by atoms with Gasteiger partial charge in [-0.05, 0) is 55.5 Å². The van der Waals surface area contributed by atoms with E-state index in [0.717, 1.165) is 0 Å². The Hall–Kier alpha value is -2.44. The number of carbonyl (C=O) groups is 2. The number of hydrogen-bond donors (Lipinski definition) is 1. The minimum Gasteiger partial charge on any atom is -0.475 e. The van der Waals surface area contributed by atoms with Gasteiger partial charge in [-0.3, -0.25) is 0 Å². The van der Waals surface area contributed by atoms with E-state index in [-0.39, 0.29) is 18.1 Å². The van der Waals surface area contributed by atoms with Gasteiger partial charge < -0.3 is 19.3 Å². The summed E-state index contributed by atoms with van der Waals surface area (Å²) in [6.07, 6.45) is 0. The quantitative estimate of drug-likeness (QED) is 0.444. The molecule has 0 aliphatic carbocycles. The molecular weight excluding hydrogens is 371 g/mol. The van der Waals surface area contributed by atoms with Gasteiger partial charge in [-0.1, -0.05) is 23.2 Å². The number of esters is 1. The molecule has 0 unspecified atom stereocenters. The number of carbonyl (C=O) groups excluding carboxylic acids is 1. The molecule has 0 atom stereocenters. The molecule has 0 bridgehead atoms. The fourth-order valence-corrected chi connectivity index (χ4v) is 2.09. The Morgan fingerprint density at radius 2 is 1.32 bits per heavy atom. The minimum atomic E-state index is -2.72. The second-order valence-electron chi connectivity index (χ2n) is 4.75. The van der Waals surface area contributed by atoms with Crippen LogP contribution in [0.4, 0.5) is 0 Å². The Kier molecular flexibility index (Phi) is 6.12. The van der Waals surface area contributed by atoms with E-state index in [1.54, 1.807) is 0 Å². The van der Waals surface area contributed by atoms with Crippen LogP contribution in [0.5, 0.6) is 11.5 Å². The molecule has 132 valence electrons. The average molecular weight is 385 g/mol. The molecule has 0 amide bonds. The van der Waals surface area contributed by atoms with E-state index < -0.39 is 17.7 Å². The van der Waals surface area contributed by atoms with Crippen LogP contribution in [0.15, 0.2) is 48.5 Å². The van der Waals surface area contributed by atoms with Gasteiger partial charge in [-0.25, -0.2) is 9.59 Å². The van der Waals surface area contributed by atoms with Crippen LogP contribution in [0, 0.1) is 0 Å². The first-order chi connectivity index (χ1) is 11.9. The van der Waals surface area contributed by atoms with Crippen LogP contribution in [-0.4, -0.2) is 29.4 Å². The number of benzene rings is 2. The summed E-state index contributed by atoms with van der Waals surface area (Å²) in [5.41, 5.74) is 0. The first kappa shape index (κ1) is 18.9. The van der Waals surface area contributed by atoms with Crippen LogP contribution in [0.2, 0.25) is 10.0 Å². The van der Waals surface area contributed by atoms with Crippen molar-refractivity contribution in [1.82, 2.24) is 0 Å². The van der Waals surface area contributed by atoms with Crippen molar-refractivity contribution in [3.8, 4) is 11.5 Å². The van der Waals surface area contributed by atoms with Gasteiger partial charge in [-0.2, -0.15) is 0 Å². The molecule has 0 spiro atoms. The monoisotopic (exact) mass is 384 g/mol. The lowest BCUT2D eigenvalue weighted by molar-refractivity contribution is -0.205. The Morgan fingerprint density at radius 3 is 1.64 bits per heavy atom. The number of carboxylic acids is 1. The summed E-state index contributed by atoms with van der Waals surface area (Å²) in [5, 5.41) is 10.5. The Balaban J connectivity index is 2.43. The summed E-state index contributed by atoms with van der Waals surface area (Å²) in [5.74, 6) is -5.47. The van der Waals surface area contributed by atoms with E-state index in [0.29, 0.717) is 10.0 Å². The molecule has 8 heteroatoms. The Bertz CT molecular complexity index is 695. The largest absolute Gasteiger partial charge is 0.475 e. The van der Waals surface area contributed by atoms with Gasteiger partial charge in [0.1, 0.15) is 11.5 Å². The van der Waals surface area contributed by atoms with E-state index in [9.17, 15) is 14.7 Å². The van der Waals surface area contributed by atoms with Crippen molar-refractivity contribution in [3.05, 3.63) is 58.6 Å². The fourth-order valence-electron chi connectivity index (χ4n) is 1.84. The summed E-state index contributed by atoms with van der Waals surface area (Å²) < 4.78 is 15.6. The highest BCUT2D eigenvalue weighted by molar-refractivity contribution is 6.30. The number of aliphatic carboxylic acids is 1. The van der Waals surface area contributed by atoms with Crippen LogP contribution < -0.4 is 9.47 Å². The van der Waals surface area contributed by atoms with E-state index in [1.807, 2.05) is 0 Å². The number of carboxylic acid groups (broad SMARTS) is 1. The summed E-state index contributed by atoms with van der Waals surface area (Å²) >= 11 is 11.6. The summed E-state index contributed by atoms with van der Waals surface area (Å²) in [4.78, 5) is 24.2. The Morgan fingerprint density at radius 1 is 0.920 bits per heavy atom. The highest BCUT2D eigenvalue weighted by Crippen LogP contribution is 2.27. The van der Waals surface area contributed by atoms with Crippen LogP contribution in [0.1, 0.15) is 6.92 Å². The molecule has 0 fully saturated rings. The molecule has 2 rings (SSSR count). The second kappa shape index (κ2) is 8.09. The lowest BCUT2D eigenvalue weighted by Crippen LogP contribution is -2.57. The SMILES string of the molecule is CCOC(=O)C(Oc1ccc(Cl)cc1)(Oc1ccc(Cl)cc1)C(=O)O. The molecule has 6 nitrogen and oxygen atoms in total. The molecule has 0 aliphatic rings. The van der Waals surface area contributed by atoms with Gasteiger partial charge in [0.15, 0.2) is 0 Å². The van der Waals surface area contributed by atoms with E-state index >= 15 is 0 Å².